The van der Waals surface area contributed by atoms with Crippen molar-refractivity contribution in [3.8, 4) is 0 Å². The Labute approximate surface area is 114 Å². The molecule has 0 aliphatic rings. The summed E-state index contributed by atoms with van der Waals surface area (Å²) in [6.07, 6.45) is 0.732. The van der Waals surface area contributed by atoms with Gasteiger partial charge in [0, 0.05) is 12.0 Å². The molecule has 1 amide bonds. The van der Waals surface area contributed by atoms with E-state index < -0.39 is 15.4 Å². The van der Waals surface area contributed by atoms with Crippen LogP contribution in [0, 0.1) is 5.41 Å². The van der Waals surface area contributed by atoms with E-state index in [4.69, 9.17) is 5.14 Å². The third-order valence-corrected chi connectivity index (χ3v) is 4.09. The molecule has 0 aromatic heterocycles. The zero-order valence-electron chi connectivity index (χ0n) is 11.4. The Kier molecular flexibility index (Phi) is 4.70. The Hall–Kier alpha value is -1.40. The largest absolute Gasteiger partial charge is 0.352 e. The molecule has 0 atom stereocenters. The Morgan fingerprint density at radius 1 is 1.37 bits per heavy atom. The molecule has 6 heteroatoms. The molecule has 0 aliphatic heterocycles. The van der Waals surface area contributed by atoms with E-state index >= 15 is 0 Å². The average molecular weight is 284 g/mol. The van der Waals surface area contributed by atoms with Gasteiger partial charge < -0.3 is 5.32 Å². The molecule has 19 heavy (non-hydrogen) atoms. The minimum atomic E-state index is -3.71. The number of amides is 1. The maximum absolute atomic E-state index is 11.9. The fourth-order valence-electron chi connectivity index (χ4n) is 1.41. The summed E-state index contributed by atoms with van der Waals surface area (Å²) in [5, 5.41) is 7.85. The van der Waals surface area contributed by atoms with Gasteiger partial charge in [0.1, 0.15) is 0 Å². The number of sulfonamides is 1. The molecular formula is C13H20N2O3S. The van der Waals surface area contributed by atoms with Crippen molar-refractivity contribution in [1.82, 2.24) is 5.32 Å². The second kappa shape index (κ2) is 5.71. The van der Waals surface area contributed by atoms with Crippen LogP contribution in [0.4, 0.5) is 0 Å². The van der Waals surface area contributed by atoms with Crippen LogP contribution in [0.3, 0.4) is 0 Å². The van der Waals surface area contributed by atoms with Crippen molar-refractivity contribution in [3.05, 3.63) is 29.8 Å². The first-order valence-corrected chi connectivity index (χ1v) is 7.61. The van der Waals surface area contributed by atoms with Crippen LogP contribution in [0.2, 0.25) is 0 Å². The second-order valence-electron chi connectivity index (χ2n) is 5.11. The van der Waals surface area contributed by atoms with Crippen molar-refractivity contribution in [2.75, 3.05) is 0 Å². The molecule has 1 aromatic rings. The SMILES string of the molecule is CCC(C)(C)C(=O)NCc1cccc(S(N)(=O)=O)c1. The Bertz CT molecular complexity index is 565. The summed E-state index contributed by atoms with van der Waals surface area (Å²) in [5.41, 5.74) is 0.268. The van der Waals surface area contributed by atoms with Gasteiger partial charge >= 0.3 is 0 Å². The van der Waals surface area contributed by atoms with E-state index in [1.54, 1.807) is 12.1 Å². The standard InChI is InChI=1S/C13H20N2O3S/c1-4-13(2,3)12(16)15-9-10-6-5-7-11(8-10)19(14,17)18/h5-8H,4,9H2,1-3H3,(H,15,16)(H2,14,17,18). The minimum Gasteiger partial charge on any atom is -0.352 e. The molecule has 0 bridgehead atoms. The molecule has 0 radical (unpaired) electrons. The fourth-order valence-corrected chi connectivity index (χ4v) is 2.00. The molecule has 0 fully saturated rings. The molecule has 0 aliphatic carbocycles. The molecule has 0 unspecified atom stereocenters. The van der Waals surface area contributed by atoms with Crippen LogP contribution < -0.4 is 10.5 Å². The van der Waals surface area contributed by atoms with Crippen LogP contribution >= 0.6 is 0 Å². The highest BCUT2D eigenvalue weighted by molar-refractivity contribution is 7.89. The highest BCUT2D eigenvalue weighted by atomic mass is 32.2. The number of primary sulfonamides is 1. The Morgan fingerprint density at radius 2 is 2.00 bits per heavy atom. The number of nitrogens with one attached hydrogen (secondary N) is 1. The highest BCUT2D eigenvalue weighted by Gasteiger charge is 2.24. The summed E-state index contributed by atoms with van der Waals surface area (Å²) in [4.78, 5) is 11.9. The van der Waals surface area contributed by atoms with Gasteiger partial charge in [0.25, 0.3) is 0 Å². The molecule has 0 saturated carbocycles. The van der Waals surface area contributed by atoms with Gasteiger partial charge in [-0.15, -0.1) is 0 Å². The van der Waals surface area contributed by atoms with Gasteiger partial charge in [0.15, 0.2) is 0 Å². The lowest BCUT2D eigenvalue weighted by Crippen LogP contribution is -2.36. The van der Waals surface area contributed by atoms with E-state index in [0.717, 1.165) is 6.42 Å². The zero-order chi connectivity index (χ0) is 14.7. The van der Waals surface area contributed by atoms with E-state index in [-0.39, 0.29) is 17.3 Å². The van der Waals surface area contributed by atoms with Crippen molar-refractivity contribution >= 4 is 15.9 Å². The molecule has 1 aromatic carbocycles. The van der Waals surface area contributed by atoms with Gasteiger partial charge in [-0.1, -0.05) is 32.9 Å². The van der Waals surface area contributed by atoms with E-state index in [1.165, 1.54) is 12.1 Å². The topological polar surface area (TPSA) is 89.3 Å². The number of hydrogen-bond donors (Lipinski definition) is 2. The van der Waals surface area contributed by atoms with Crippen LogP contribution in [0.5, 0.6) is 0 Å². The summed E-state index contributed by atoms with van der Waals surface area (Å²) >= 11 is 0. The lowest BCUT2D eigenvalue weighted by molar-refractivity contribution is -0.129. The predicted molar refractivity (Wildman–Crippen MR) is 73.7 cm³/mol. The Balaban J connectivity index is 2.77. The Morgan fingerprint density at radius 3 is 2.53 bits per heavy atom. The van der Waals surface area contributed by atoms with Crippen molar-refractivity contribution in [2.45, 2.75) is 38.6 Å². The molecule has 1 rings (SSSR count). The monoisotopic (exact) mass is 284 g/mol. The third kappa shape index (κ3) is 4.33. The van der Waals surface area contributed by atoms with Gasteiger partial charge in [-0.25, -0.2) is 13.6 Å². The number of nitrogens with two attached hydrogens (primary N) is 1. The van der Waals surface area contributed by atoms with Gasteiger partial charge in [-0.2, -0.15) is 0 Å². The number of carbonyl (C=O) groups excluding carboxylic acids is 1. The van der Waals surface area contributed by atoms with E-state index in [9.17, 15) is 13.2 Å². The summed E-state index contributed by atoms with van der Waals surface area (Å²) in [6.45, 7) is 5.96. The molecule has 0 spiro atoms. The molecule has 106 valence electrons. The first kappa shape index (κ1) is 15.7. The van der Waals surface area contributed by atoms with E-state index in [1.807, 2.05) is 20.8 Å². The first-order chi connectivity index (χ1) is 8.66. The number of carbonyl (C=O) groups is 1. The highest BCUT2D eigenvalue weighted by Crippen LogP contribution is 2.19. The van der Waals surface area contributed by atoms with Gasteiger partial charge in [-0.05, 0) is 24.1 Å². The zero-order valence-corrected chi connectivity index (χ0v) is 12.3. The van der Waals surface area contributed by atoms with Crippen LogP contribution in [0.1, 0.15) is 32.8 Å². The summed E-state index contributed by atoms with van der Waals surface area (Å²) in [5.74, 6) is -0.0593. The molecule has 3 N–H and O–H groups in total. The third-order valence-electron chi connectivity index (χ3n) is 3.18. The summed E-state index contributed by atoms with van der Waals surface area (Å²) < 4.78 is 22.4. The maximum atomic E-state index is 11.9. The number of benzene rings is 1. The number of hydrogen-bond acceptors (Lipinski definition) is 3. The normalized spacial score (nSPS) is 12.2. The van der Waals surface area contributed by atoms with Gasteiger partial charge in [-0.3, -0.25) is 4.79 Å². The maximum Gasteiger partial charge on any atom is 0.238 e. The van der Waals surface area contributed by atoms with Crippen LogP contribution in [0.25, 0.3) is 0 Å². The van der Waals surface area contributed by atoms with Crippen LogP contribution in [-0.4, -0.2) is 14.3 Å². The quantitative estimate of drug-likeness (QED) is 0.856. The van der Waals surface area contributed by atoms with Gasteiger partial charge in [0.05, 0.1) is 4.90 Å². The van der Waals surface area contributed by atoms with Crippen LogP contribution in [-0.2, 0) is 21.4 Å². The first-order valence-electron chi connectivity index (χ1n) is 6.07. The molecular weight excluding hydrogens is 264 g/mol. The molecule has 5 nitrogen and oxygen atoms in total. The molecule has 0 saturated heterocycles. The summed E-state index contributed by atoms with van der Waals surface area (Å²) in [7, 11) is -3.71. The van der Waals surface area contributed by atoms with Crippen molar-refractivity contribution in [3.63, 3.8) is 0 Å². The smallest absolute Gasteiger partial charge is 0.238 e. The fraction of sp³-hybridized carbons (Fsp3) is 0.462. The van der Waals surface area contributed by atoms with E-state index in [2.05, 4.69) is 5.32 Å². The van der Waals surface area contributed by atoms with Crippen molar-refractivity contribution < 1.29 is 13.2 Å². The van der Waals surface area contributed by atoms with Crippen LogP contribution in [0.15, 0.2) is 29.2 Å². The lowest BCUT2D eigenvalue weighted by atomic mass is 9.89. The van der Waals surface area contributed by atoms with Gasteiger partial charge in [0.2, 0.25) is 15.9 Å². The van der Waals surface area contributed by atoms with E-state index in [0.29, 0.717) is 5.56 Å². The predicted octanol–water partition coefficient (Wildman–Crippen LogP) is 1.39. The van der Waals surface area contributed by atoms with Crippen molar-refractivity contribution in [2.24, 2.45) is 10.6 Å². The van der Waals surface area contributed by atoms with Crippen molar-refractivity contribution in [1.29, 1.82) is 0 Å². The number of rotatable bonds is 5. The second-order valence-corrected chi connectivity index (χ2v) is 6.67. The molecule has 0 heterocycles. The average Bonchev–Trinajstić information content (AvgIpc) is 2.35. The lowest BCUT2D eigenvalue weighted by Gasteiger charge is -2.21. The summed E-state index contributed by atoms with van der Waals surface area (Å²) in [6, 6.07) is 6.24. The minimum absolute atomic E-state index is 0.0500.